The molecule has 0 aliphatic rings. The third-order valence-corrected chi connectivity index (χ3v) is 3.85. The first-order valence-corrected chi connectivity index (χ1v) is 7.30. The monoisotopic (exact) mass is 296 g/mol. The van der Waals surface area contributed by atoms with Crippen molar-refractivity contribution < 1.29 is 17.9 Å². The lowest BCUT2D eigenvalue weighted by Gasteiger charge is -2.07. The van der Waals surface area contributed by atoms with Crippen molar-refractivity contribution in [1.29, 1.82) is 0 Å². The largest absolute Gasteiger partial charge is 0.383 e. The second-order valence-corrected chi connectivity index (χ2v) is 5.57. The molecule has 0 radical (unpaired) electrons. The molecule has 7 heteroatoms. The Hall–Kier alpha value is -1.88. The van der Waals surface area contributed by atoms with Crippen molar-refractivity contribution in [1.82, 2.24) is 10.0 Å². The van der Waals surface area contributed by atoms with Gasteiger partial charge in [-0.05, 0) is 24.3 Å². The number of hydrogen-bond acceptors (Lipinski definition) is 4. The van der Waals surface area contributed by atoms with Gasteiger partial charge in [-0.1, -0.05) is 5.92 Å². The Labute approximate surface area is 118 Å². The number of ether oxygens (including phenoxy) is 1. The number of methoxy groups -OCH3 is 1. The lowest BCUT2D eigenvalue weighted by atomic mass is 10.2. The first kappa shape index (κ1) is 16.2. The molecule has 0 aliphatic heterocycles. The van der Waals surface area contributed by atoms with Crippen LogP contribution in [0.2, 0.25) is 0 Å². The van der Waals surface area contributed by atoms with Crippen LogP contribution < -0.4 is 10.0 Å². The minimum absolute atomic E-state index is 0.0853. The number of carbonyl (C=O) groups is 1. The van der Waals surface area contributed by atoms with E-state index in [0.29, 0.717) is 5.56 Å². The standard InChI is InChI=1S/C13H16N2O4S/c1-3-8-14-13(16)11-4-6-12(7-5-11)20(17,18)15-9-10-19-2/h1,4-7,15H,8-10H2,2H3,(H,14,16). The molecule has 0 bridgehead atoms. The highest BCUT2D eigenvalue weighted by atomic mass is 32.2. The van der Waals surface area contributed by atoms with Crippen molar-refractivity contribution in [3.8, 4) is 12.3 Å². The molecule has 1 rings (SSSR count). The minimum atomic E-state index is -3.59. The van der Waals surface area contributed by atoms with E-state index < -0.39 is 10.0 Å². The molecule has 0 spiro atoms. The van der Waals surface area contributed by atoms with Crippen molar-refractivity contribution in [3.63, 3.8) is 0 Å². The Bertz CT molecular complexity index is 588. The van der Waals surface area contributed by atoms with Gasteiger partial charge in [-0.3, -0.25) is 4.79 Å². The Balaban J connectivity index is 2.75. The summed E-state index contributed by atoms with van der Waals surface area (Å²) in [6.45, 7) is 0.590. The summed E-state index contributed by atoms with van der Waals surface area (Å²) in [6, 6.07) is 5.58. The van der Waals surface area contributed by atoms with Crippen LogP contribution in [-0.4, -0.2) is 41.1 Å². The predicted octanol–water partition coefficient (Wildman–Crippen LogP) is -0.0257. The van der Waals surface area contributed by atoms with E-state index in [0.717, 1.165) is 0 Å². The van der Waals surface area contributed by atoms with Crippen LogP contribution in [0.25, 0.3) is 0 Å². The maximum atomic E-state index is 11.9. The molecule has 0 atom stereocenters. The van der Waals surface area contributed by atoms with Gasteiger partial charge in [0.1, 0.15) is 0 Å². The summed E-state index contributed by atoms with van der Waals surface area (Å²) >= 11 is 0. The molecular formula is C13H16N2O4S. The van der Waals surface area contributed by atoms with Gasteiger partial charge in [0.2, 0.25) is 10.0 Å². The van der Waals surface area contributed by atoms with Crippen molar-refractivity contribution in [2.45, 2.75) is 4.90 Å². The molecule has 20 heavy (non-hydrogen) atoms. The third-order valence-electron chi connectivity index (χ3n) is 2.38. The molecule has 0 fully saturated rings. The zero-order valence-corrected chi connectivity index (χ0v) is 11.9. The maximum Gasteiger partial charge on any atom is 0.252 e. The van der Waals surface area contributed by atoms with Crippen molar-refractivity contribution in [2.75, 3.05) is 26.8 Å². The normalized spacial score (nSPS) is 10.8. The van der Waals surface area contributed by atoms with E-state index in [9.17, 15) is 13.2 Å². The fraction of sp³-hybridized carbons (Fsp3) is 0.308. The molecule has 0 heterocycles. The number of nitrogens with one attached hydrogen (secondary N) is 2. The van der Waals surface area contributed by atoms with Crippen LogP contribution in [0.15, 0.2) is 29.2 Å². The van der Waals surface area contributed by atoms with Gasteiger partial charge in [0.25, 0.3) is 5.91 Å². The second kappa shape index (κ2) is 7.65. The van der Waals surface area contributed by atoms with Crippen LogP contribution in [0.3, 0.4) is 0 Å². The van der Waals surface area contributed by atoms with E-state index >= 15 is 0 Å². The number of benzene rings is 1. The minimum Gasteiger partial charge on any atom is -0.383 e. The van der Waals surface area contributed by atoms with Gasteiger partial charge in [-0.25, -0.2) is 13.1 Å². The lowest BCUT2D eigenvalue weighted by molar-refractivity contribution is 0.0958. The smallest absolute Gasteiger partial charge is 0.252 e. The number of terminal acetylenes is 1. The molecule has 0 aromatic heterocycles. The van der Waals surface area contributed by atoms with Gasteiger partial charge in [0.05, 0.1) is 18.0 Å². The lowest BCUT2D eigenvalue weighted by Crippen LogP contribution is -2.27. The summed E-state index contributed by atoms with van der Waals surface area (Å²) in [5, 5.41) is 2.49. The van der Waals surface area contributed by atoms with Gasteiger partial charge in [-0.15, -0.1) is 6.42 Å². The SMILES string of the molecule is C#CCNC(=O)c1ccc(S(=O)(=O)NCCOC)cc1. The van der Waals surface area contributed by atoms with E-state index in [1.54, 1.807) is 0 Å². The zero-order valence-electron chi connectivity index (χ0n) is 11.0. The van der Waals surface area contributed by atoms with Crippen molar-refractivity contribution in [3.05, 3.63) is 29.8 Å². The van der Waals surface area contributed by atoms with Gasteiger partial charge in [0.15, 0.2) is 0 Å². The highest BCUT2D eigenvalue weighted by Crippen LogP contribution is 2.10. The molecule has 0 saturated heterocycles. The van der Waals surface area contributed by atoms with Crippen LogP contribution in [0, 0.1) is 12.3 Å². The predicted molar refractivity (Wildman–Crippen MR) is 74.7 cm³/mol. The summed E-state index contributed by atoms with van der Waals surface area (Å²) in [7, 11) is -2.10. The number of hydrogen-bond donors (Lipinski definition) is 2. The fourth-order valence-electron chi connectivity index (χ4n) is 1.38. The second-order valence-electron chi connectivity index (χ2n) is 3.80. The van der Waals surface area contributed by atoms with E-state index in [2.05, 4.69) is 16.0 Å². The first-order valence-electron chi connectivity index (χ1n) is 5.81. The average Bonchev–Trinajstić information content (AvgIpc) is 2.45. The van der Waals surface area contributed by atoms with Crippen LogP contribution in [0.5, 0.6) is 0 Å². The highest BCUT2D eigenvalue weighted by molar-refractivity contribution is 7.89. The molecule has 0 aliphatic carbocycles. The molecule has 1 aromatic rings. The van der Waals surface area contributed by atoms with Crippen LogP contribution in [0.1, 0.15) is 10.4 Å². The fourth-order valence-corrected chi connectivity index (χ4v) is 2.39. The summed E-state index contributed by atoms with van der Waals surface area (Å²) in [5.41, 5.74) is 0.344. The quantitative estimate of drug-likeness (QED) is 0.547. The number of amides is 1. The number of sulfonamides is 1. The highest BCUT2D eigenvalue weighted by Gasteiger charge is 2.14. The van der Waals surface area contributed by atoms with Gasteiger partial charge < -0.3 is 10.1 Å². The maximum absolute atomic E-state index is 11.9. The summed E-state index contributed by atoms with van der Waals surface area (Å²) in [6.07, 6.45) is 5.03. The molecule has 6 nitrogen and oxygen atoms in total. The molecule has 108 valence electrons. The van der Waals surface area contributed by atoms with Crippen LogP contribution in [-0.2, 0) is 14.8 Å². The van der Waals surface area contributed by atoms with Crippen molar-refractivity contribution >= 4 is 15.9 Å². The average molecular weight is 296 g/mol. The number of rotatable bonds is 7. The van der Waals surface area contributed by atoms with E-state index in [1.807, 2.05) is 0 Å². The Kier molecular flexibility index (Phi) is 6.18. The molecular weight excluding hydrogens is 280 g/mol. The molecule has 0 unspecified atom stereocenters. The summed E-state index contributed by atoms with van der Waals surface area (Å²) < 4.78 is 30.9. The summed E-state index contributed by atoms with van der Waals surface area (Å²) in [4.78, 5) is 11.7. The molecule has 0 saturated carbocycles. The van der Waals surface area contributed by atoms with Gasteiger partial charge >= 0.3 is 0 Å². The van der Waals surface area contributed by atoms with Crippen LogP contribution >= 0.6 is 0 Å². The molecule has 2 N–H and O–H groups in total. The van der Waals surface area contributed by atoms with E-state index in [-0.39, 0.29) is 30.5 Å². The Morgan fingerprint density at radius 2 is 2.00 bits per heavy atom. The zero-order chi connectivity index (χ0) is 15.0. The Morgan fingerprint density at radius 1 is 1.35 bits per heavy atom. The van der Waals surface area contributed by atoms with E-state index in [1.165, 1.54) is 31.4 Å². The molecule has 1 amide bonds. The van der Waals surface area contributed by atoms with Gasteiger partial charge in [-0.2, -0.15) is 0 Å². The number of carbonyl (C=O) groups excluding carboxylic acids is 1. The summed E-state index contributed by atoms with van der Waals surface area (Å²) in [5.74, 6) is 1.94. The van der Waals surface area contributed by atoms with Gasteiger partial charge in [0, 0.05) is 19.2 Å². The Morgan fingerprint density at radius 3 is 2.55 bits per heavy atom. The van der Waals surface area contributed by atoms with Crippen molar-refractivity contribution in [2.24, 2.45) is 0 Å². The van der Waals surface area contributed by atoms with E-state index in [4.69, 9.17) is 11.2 Å². The molecule has 1 aromatic carbocycles. The third kappa shape index (κ3) is 4.66. The van der Waals surface area contributed by atoms with Crippen LogP contribution in [0.4, 0.5) is 0 Å². The topological polar surface area (TPSA) is 84.5 Å². The first-order chi connectivity index (χ1) is 9.51.